The normalized spacial score (nSPS) is 11.4. The van der Waals surface area contributed by atoms with Crippen molar-refractivity contribution in [3.8, 4) is 0 Å². The highest BCUT2D eigenvalue weighted by Crippen LogP contribution is 2.30. The predicted octanol–water partition coefficient (Wildman–Crippen LogP) is 3.92. The lowest BCUT2D eigenvalue weighted by molar-refractivity contribution is -0.742. The second-order valence-corrected chi connectivity index (χ2v) is 5.88. The van der Waals surface area contributed by atoms with E-state index in [0.29, 0.717) is 22.5 Å². The molecule has 0 radical (unpaired) electrons. The molecule has 1 heterocycles. The molecule has 1 N–H and O–H groups in total. The largest absolute Gasteiger partial charge is 0.361 e. The lowest BCUT2D eigenvalue weighted by atomic mass is 10.1. The Morgan fingerprint density at radius 3 is 2.74 bits per heavy atom. The number of halogens is 2. The van der Waals surface area contributed by atoms with Crippen LogP contribution in [0.25, 0.3) is 0 Å². The van der Waals surface area contributed by atoms with Gasteiger partial charge in [-0.15, -0.1) is 21.9 Å². The first-order valence-electron chi connectivity index (χ1n) is 6.28. The van der Waals surface area contributed by atoms with Crippen molar-refractivity contribution < 1.29 is 15.0 Å². The van der Waals surface area contributed by atoms with Gasteiger partial charge in [0.2, 0.25) is 0 Å². The van der Waals surface area contributed by atoms with Gasteiger partial charge in [0.05, 0.1) is 18.8 Å². The molecule has 1 atom stereocenters. The number of thioether (sulfide) groups is 1. The Kier molecular flexibility index (Phi) is 8.78. The molecule has 1 aromatic heterocycles. The van der Waals surface area contributed by atoms with E-state index in [-0.39, 0.29) is 6.10 Å². The van der Waals surface area contributed by atoms with Crippen LogP contribution in [0.15, 0.2) is 36.9 Å². The molecule has 1 unspecified atom stereocenters. The molecule has 0 saturated heterocycles. The summed E-state index contributed by atoms with van der Waals surface area (Å²) in [7, 11) is 0. The van der Waals surface area contributed by atoms with Gasteiger partial charge in [0.25, 0.3) is 5.09 Å². The molecule has 0 aliphatic rings. The van der Waals surface area contributed by atoms with Crippen molar-refractivity contribution in [1.82, 2.24) is 9.55 Å². The van der Waals surface area contributed by atoms with Crippen LogP contribution < -0.4 is 0 Å². The number of rotatable bonds is 6. The predicted molar refractivity (Wildman–Crippen MR) is 89.7 cm³/mol. The third-order valence-corrected chi connectivity index (χ3v) is 3.57. The van der Waals surface area contributed by atoms with Crippen molar-refractivity contribution in [2.24, 2.45) is 0 Å². The van der Waals surface area contributed by atoms with Gasteiger partial charge in [-0.25, -0.2) is 4.98 Å². The van der Waals surface area contributed by atoms with Crippen LogP contribution in [0.1, 0.15) is 11.7 Å². The molecule has 126 valence electrons. The van der Waals surface area contributed by atoms with Crippen LogP contribution in [0.5, 0.6) is 0 Å². The molecule has 0 amide bonds. The fourth-order valence-corrected chi connectivity index (χ4v) is 2.57. The highest BCUT2D eigenvalue weighted by Gasteiger charge is 2.16. The third kappa shape index (κ3) is 7.56. The molecule has 23 heavy (non-hydrogen) atoms. The highest BCUT2D eigenvalue weighted by molar-refractivity contribution is 7.98. The summed E-state index contributed by atoms with van der Waals surface area (Å²) in [6.07, 6.45) is 7.29. The van der Waals surface area contributed by atoms with Crippen molar-refractivity contribution in [2.75, 3.05) is 12.2 Å². The van der Waals surface area contributed by atoms with Crippen LogP contribution in [0, 0.1) is 10.1 Å². The first-order valence-corrected chi connectivity index (χ1v) is 8.43. The van der Waals surface area contributed by atoms with Gasteiger partial charge in [0.15, 0.2) is 0 Å². The summed E-state index contributed by atoms with van der Waals surface area (Å²) >= 11 is 13.8. The molecule has 0 saturated carbocycles. The van der Waals surface area contributed by atoms with Gasteiger partial charge in [0, 0.05) is 28.0 Å². The minimum absolute atomic E-state index is 0.119. The zero-order valence-corrected chi connectivity index (χ0v) is 14.5. The monoisotopic (exact) mass is 379 g/mol. The molecular formula is C13H15Cl2N3O4S. The smallest absolute Gasteiger partial charge is 0.291 e. The number of imidazole rings is 1. The maximum atomic E-state index is 8.36. The van der Waals surface area contributed by atoms with Gasteiger partial charge >= 0.3 is 0 Å². The summed E-state index contributed by atoms with van der Waals surface area (Å²) < 4.78 is 7.83. The van der Waals surface area contributed by atoms with Crippen molar-refractivity contribution in [3.63, 3.8) is 0 Å². The first kappa shape index (κ1) is 19.6. The Bertz CT molecular complexity index is 609. The molecule has 2 aromatic rings. The number of aromatic nitrogens is 2. The van der Waals surface area contributed by atoms with Gasteiger partial charge in [-0.3, -0.25) is 0 Å². The van der Waals surface area contributed by atoms with E-state index in [1.165, 1.54) is 0 Å². The average molecular weight is 380 g/mol. The average Bonchev–Trinajstić information content (AvgIpc) is 2.96. The molecule has 7 nitrogen and oxygen atoms in total. The fraction of sp³-hybridized carbons (Fsp3) is 0.308. The van der Waals surface area contributed by atoms with Gasteiger partial charge in [0.1, 0.15) is 6.10 Å². The second kappa shape index (κ2) is 10.3. The maximum Gasteiger partial charge on any atom is 0.291 e. The van der Waals surface area contributed by atoms with E-state index in [1.54, 1.807) is 30.4 Å². The molecule has 10 heteroatoms. The van der Waals surface area contributed by atoms with Crippen molar-refractivity contribution in [1.29, 1.82) is 0 Å². The summed E-state index contributed by atoms with van der Waals surface area (Å²) in [5.74, 6) is 0.609. The van der Waals surface area contributed by atoms with Crippen LogP contribution >= 0.6 is 35.0 Å². The van der Waals surface area contributed by atoms with E-state index >= 15 is 0 Å². The molecule has 0 aliphatic heterocycles. The van der Waals surface area contributed by atoms with Crippen molar-refractivity contribution >= 4 is 35.0 Å². The topological polar surface area (TPSA) is 90.4 Å². The standard InChI is InChI=1S/C13H14Cl2N2OS.HNO3/c1-19-9-18-13(7-17-5-4-16-8-17)11-3-2-10(14)6-12(11)15;2-1(3)4/h2-6,8,13H,7,9H2,1H3;(H,2,3,4). The summed E-state index contributed by atoms with van der Waals surface area (Å²) in [5, 5.41) is 14.9. The van der Waals surface area contributed by atoms with E-state index in [2.05, 4.69) is 4.98 Å². The van der Waals surface area contributed by atoms with E-state index in [1.807, 2.05) is 29.2 Å². The zero-order chi connectivity index (χ0) is 17.2. The Morgan fingerprint density at radius 1 is 1.52 bits per heavy atom. The van der Waals surface area contributed by atoms with Gasteiger partial charge in [-0.1, -0.05) is 29.3 Å². The quantitative estimate of drug-likeness (QED) is 0.464. The van der Waals surface area contributed by atoms with Crippen molar-refractivity contribution in [2.45, 2.75) is 12.6 Å². The van der Waals surface area contributed by atoms with Crippen molar-refractivity contribution in [3.05, 3.63) is 62.6 Å². The van der Waals surface area contributed by atoms with E-state index in [0.717, 1.165) is 5.56 Å². The Hall–Kier alpha value is -1.48. The third-order valence-electron chi connectivity index (χ3n) is 2.63. The summed E-state index contributed by atoms with van der Waals surface area (Å²) in [4.78, 5) is 12.4. The van der Waals surface area contributed by atoms with Crippen LogP contribution in [0.4, 0.5) is 0 Å². The van der Waals surface area contributed by atoms with Crippen LogP contribution in [-0.4, -0.2) is 32.0 Å². The van der Waals surface area contributed by atoms with Crippen LogP contribution in [0.2, 0.25) is 10.0 Å². The number of benzene rings is 1. The molecular weight excluding hydrogens is 365 g/mol. The van der Waals surface area contributed by atoms with E-state index in [9.17, 15) is 0 Å². The summed E-state index contributed by atoms with van der Waals surface area (Å²) in [6.45, 7) is 0.669. The first-order chi connectivity index (χ1) is 10.9. The highest BCUT2D eigenvalue weighted by atomic mass is 35.5. The van der Waals surface area contributed by atoms with E-state index < -0.39 is 5.09 Å². The molecule has 0 fully saturated rings. The number of nitrogens with zero attached hydrogens (tertiary/aromatic N) is 3. The number of hydrogen-bond donors (Lipinski definition) is 1. The minimum Gasteiger partial charge on any atom is -0.361 e. The lowest BCUT2D eigenvalue weighted by Gasteiger charge is -2.19. The van der Waals surface area contributed by atoms with Crippen LogP contribution in [0.3, 0.4) is 0 Å². The Labute approximate surface area is 147 Å². The molecule has 0 bridgehead atoms. The molecule has 1 aromatic carbocycles. The number of ether oxygens (including phenoxy) is 1. The number of hydrogen-bond acceptors (Lipinski definition) is 5. The second-order valence-electron chi connectivity index (χ2n) is 4.22. The summed E-state index contributed by atoms with van der Waals surface area (Å²) in [6, 6.07) is 5.47. The minimum atomic E-state index is -1.50. The fourth-order valence-electron chi connectivity index (χ4n) is 1.74. The van der Waals surface area contributed by atoms with Gasteiger partial charge in [-0.05, 0) is 18.4 Å². The van der Waals surface area contributed by atoms with Crippen LogP contribution in [-0.2, 0) is 11.3 Å². The molecule has 0 aliphatic carbocycles. The Morgan fingerprint density at radius 2 is 2.22 bits per heavy atom. The van der Waals surface area contributed by atoms with E-state index in [4.69, 9.17) is 43.3 Å². The van der Waals surface area contributed by atoms with Gasteiger partial charge < -0.3 is 14.5 Å². The zero-order valence-electron chi connectivity index (χ0n) is 12.1. The van der Waals surface area contributed by atoms with Gasteiger partial charge in [-0.2, -0.15) is 0 Å². The SMILES string of the molecule is CSCOC(Cn1ccnc1)c1ccc(Cl)cc1Cl.O=[N+]([O-])O. The lowest BCUT2D eigenvalue weighted by Crippen LogP contribution is -2.12. The summed E-state index contributed by atoms with van der Waals surface area (Å²) in [5.41, 5.74) is 0.939. The Balaban J connectivity index is 0.000000593. The molecule has 2 rings (SSSR count). The molecule has 0 spiro atoms. The maximum absolute atomic E-state index is 8.36.